The van der Waals surface area contributed by atoms with E-state index >= 15 is 0 Å². The van der Waals surface area contributed by atoms with E-state index in [4.69, 9.17) is 4.52 Å². The van der Waals surface area contributed by atoms with Gasteiger partial charge in [-0.3, -0.25) is 14.9 Å². The lowest BCUT2D eigenvalue weighted by atomic mass is 9.88. The quantitative estimate of drug-likeness (QED) is 0.571. The molecule has 2 saturated heterocycles. The molecule has 0 bridgehead atoms. The lowest BCUT2D eigenvalue weighted by Gasteiger charge is -2.24. The fraction of sp³-hybridized carbons (Fsp3) is 0.471. The zero-order valence-corrected chi connectivity index (χ0v) is 15.6. The topological polar surface area (TPSA) is 128 Å². The summed E-state index contributed by atoms with van der Waals surface area (Å²) in [7, 11) is -5.29. The van der Waals surface area contributed by atoms with Crippen molar-refractivity contribution in [2.75, 3.05) is 13.1 Å². The molecular formula is C17H18FN3O6S. The van der Waals surface area contributed by atoms with Gasteiger partial charge in [0, 0.05) is 17.4 Å². The van der Waals surface area contributed by atoms with Gasteiger partial charge in [0.25, 0.3) is 0 Å². The van der Waals surface area contributed by atoms with Crippen LogP contribution in [0.25, 0.3) is 11.0 Å². The van der Waals surface area contributed by atoms with E-state index in [1.165, 1.54) is 0 Å². The molecule has 2 fully saturated rings. The smallest absolute Gasteiger partial charge is 0.354 e. The van der Waals surface area contributed by atoms with Gasteiger partial charge in [-0.25, -0.2) is 0 Å². The van der Waals surface area contributed by atoms with E-state index in [0.717, 1.165) is 25.9 Å². The van der Waals surface area contributed by atoms with Crippen LogP contribution in [0.5, 0.6) is 5.75 Å². The van der Waals surface area contributed by atoms with Crippen LogP contribution in [-0.4, -0.2) is 38.5 Å². The van der Waals surface area contributed by atoms with Crippen LogP contribution in [0, 0.1) is 0 Å². The van der Waals surface area contributed by atoms with Crippen LogP contribution in [0.15, 0.2) is 16.7 Å². The number of carbonyl (C=O) groups is 2. The summed E-state index contributed by atoms with van der Waals surface area (Å²) in [5.41, 5.74) is 0.746. The number of aromatic nitrogens is 1. The molecule has 1 aromatic heterocycles. The molecule has 2 aliphatic heterocycles. The Labute approximate surface area is 160 Å². The number of piperidine rings is 2. The Morgan fingerprint density at radius 3 is 2.61 bits per heavy atom. The monoisotopic (exact) mass is 411 g/mol. The average Bonchev–Trinajstić information content (AvgIpc) is 3.06. The third kappa shape index (κ3) is 3.59. The maximum Gasteiger partial charge on any atom is 0.488 e. The molecule has 2 N–H and O–H groups in total. The average molecular weight is 411 g/mol. The Morgan fingerprint density at radius 2 is 1.93 bits per heavy atom. The van der Waals surface area contributed by atoms with Gasteiger partial charge >= 0.3 is 10.5 Å². The number of nitrogens with zero attached hydrogens (tertiary/aromatic N) is 1. The van der Waals surface area contributed by atoms with Crippen LogP contribution in [0.2, 0.25) is 0 Å². The number of rotatable bonds is 4. The lowest BCUT2D eigenvalue weighted by Crippen LogP contribution is -2.39. The summed E-state index contributed by atoms with van der Waals surface area (Å²) in [4.78, 5) is 23.5. The van der Waals surface area contributed by atoms with E-state index in [-0.39, 0.29) is 41.7 Å². The molecule has 4 rings (SSSR count). The molecule has 11 heteroatoms. The Hall–Kier alpha value is -2.53. The highest BCUT2D eigenvalue weighted by Gasteiger charge is 2.34. The zero-order chi connectivity index (χ0) is 19.9. The Bertz CT molecular complexity index is 1040. The Balaban J connectivity index is 1.81. The molecule has 9 nitrogen and oxygen atoms in total. The molecule has 28 heavy (non-hydrogen) atoms. The molecule has 150 valence electrons. The fourth-order valence-corrected chi connectivity index (χ4v) is 4.23. The standard InChI is InChI=1S/C17H18FN3O6S/c18-28(24,25)27-16-10(9-5-7-19-8-6-9)1-2-11-14(21-26-15(11)16)12-3-4-13(22)20-17(12)23/h1-2,9,12,19H,3-8H2,(H,20,22,23). The van der Waals surface area contributed by atoms with Crippen molar-refractivity contribution in [3.63, 3.8) is 0 Å². The summed E-state index contributed by atoms with van der Waals surface area (Å²) in [5, 5.41) is 9.72. The maximum atomic E-state index is 13.4. The summed E-state index contributed by atoms with van der Waals surface area (Å²) in [6, 6.07) is 3.32. The van der Waals surface area contributed by atoms with Gasteiger partial charge in [-0.2, -0.15) is 8.42 Å². The second-order valence-corrected chi connectivity index (χ2v) is 7.89. The molecule has 1 atom stereocenters. The fourth-order valence-electron chi connectivity index (χ4n) is 3.86. The van der Waals surface area contributed by atoms with Gasteiger partial charge in [0.1, 0.15) is 5.69 Å². The van der Waals surface area contributed by atoms with Crippen molar-refractivity contribution in [3.8, 4) is 5.75 Å². The van der Waals surface area contributed by atoms with E-state index in [1.54, 1.807) is 12.1 Å². The highest BCUT2D eigenvalue weighted by atomic mass is 32.3. The van der Waals surface area contributed by atoms with Crippen molar-refractivity contribution in [1.82, 2.24) is 15.8 Å². The first kappa shape index (κ1) is 18.8. The molecule has 2 amide bonds. The minimum Gasteiger partial charge on any atom is -0.354 e. The number of benzene rings is 1. The number of imide groups is 1. The molecule has 0 saturated carbocycles. The minimum absolute atomic E-state index is 0.0306. The van der Waals surface area contributed by atoms with Crippen LogP contribution in [0.3, 0.4) is 0 Å². The third-order valence-corrected chi connectivity index (χ3v) is 5.55. The van der Waals surface area contributed by atoms with Crippen LogP contribution < -0.4 is 14.8 Å². The number of fused-ring (bicyclic) bond motifs is 1. The number of nitrogens with one attached hydrogen (secondary N) is 2. The highest BCUT2D eigenvalue weighted by molar-refractivity contribution is 7.81. The van der Waals surface area contributed by atoms with Gasteiger partial charge in [-0.1, -0.05) is 15.1 Å². The van der Waals surface area contributed by atoms with E-state index in [0.29, 0.717) is 10.9 Å². The highest BCUT2D eigenvalue weighted by Crippen LogP contribution is 2.41. The SMILES string of the molecule is O=C1CCC(c2noc3c(OS(=O)(=O)F)c(C4CCNCC4)ccc23)C(=O)N1. The molecule has 1 unspecified atom stereocenters. The van der Waals surface area contributed by atoms with Crippen molar-refractivity contribution in [2.45, 2.75) is 37.5 Å². The van der Waals surface area contributed by atoms with Crippen molar-refractivity contribution in [3.05, 3.63) is 23.4 Å². The van der Waals surface area contributed by atoms with Gasteiger partial charge in [0.15, 0.2) is 5.75 Å². The maximum absolute atomic E-state index is 13.4. The van der Waals surface area contributed by atoms with Gasteiger partial charge in [-0.15, -0.1) is 0 Å². The molecule has 0 aliphatic carbocycles. The van der Waals surface area contributed by atoms with Crippen LogP contribution >= 0.6 is 0 Å². The first-order chi connectivity index (χ1) is 13.3. The molecule has 2 aromatic rings. The number of hydrogen-bond donors (Lipinski definition) is 2. The summed E-state index contributed by atoms with van der Waals surface area (Å²) in [5.74, 6) is -1.87. The second kappa shape index (κ2) is 7.13. The van der Waals surface area contributed by atoms with Crippen molar-refractivity contribution < 1.29 is 30.6 Å². The van der Waals surface area contributed by atoms with E-state index in [9.17, 15) is 21.9 Å². The van der Waals surface area contributed by atoms with Gasteiger partial charge < -0.3 is 14.0 Å². The van der Waals surface area contributed by atoms with Gasteiger partial charge in [0.2, 0.25) is 17.4 Å². The van der Waals surface area contributed by atoms with E-state index in [2.05, 4.69) is 20.0 Å². The Kier molecular flexibility index (Phi) is 4.79. The summed E-state index contributed by atoms with van der Waals surface area (Å²) < 4.78 is 45.8. The summed E-state index contributed by atoms with van der Waals surface area (Å²) in [6.45, 7) is 1.48. The first-order valence-electron chi connectivity index (χ1n) is 8.94. The normalized spacial score (nSPS) is 21.7. The number of amides is 2. The van der Waals surface area contributed by atoms with Crippen LogP contribution in [-0.2, 0) is 20.1 Å². The molecule has 0 spiro atoms. The van der Waals surface area contributed by atoms with Crippen molar-refractivity contribution >= 4 is 33.3 Å². The molecule has 3 heterocycles. The molecular weight excluding hydrogens is 393 g/mol. The predicted octanol–water partition coefficient (Wildman–Crippen LogP) is 1.41. The van der Waals surface area contributed by atoms with Crippen LogP contribution in [0.4, 0.5) is 3.89 Å². The zero-order valence-electron chi connectivity index (χ0n) is 14.7. The first-order valence-corrected chi connectivity index (χ1v) is 10.2. The number of halogens is 1. The molecule has 1 aromatic carbocycles. The predicted molar refractivity (Wildman–Crippen MR) is 94.6 cm³/mol. The van der Waals surface area contributed by atoms with Gasteiger partial charge in [0.05, 0.1) is 5.92 Å². The van der Waals surface area contributed by atoms with E-state index < -0.39 is 22.3 Å². The molecule has 0 radical (unpaired) electrons. The van der Waals surface area contributed by atoms with E-state index in [1.807, 2.05) is 0 Å². The number of hydrogen-bond acceptors (Lipinski definition) is 8. The second-order valence-electron chi connectivity index (χ2n) is 6.93. The molecule has 2 aliphatic rings. The van der Waals surface area contributed by atoms with Crippen molar-refractivity contribution in [1.29, 1.82) is 0 Å². The Morgan fingerprint density at radius 1 is 1.18 bits per heavy atom. The van der Waals surface area contributed by atoms with Crippen molar-refractivity contribution in [2.24, 2.45) is 0 Å². The summed E-state index contributed by atoms with van der Waals surface area (Å²) >= 11 is 0. The minimum atomic E-state index is -5.29. The number of carbonyl (C=O) groups excluding carboxylic acids is 2. The largest absolute Gasteiger partial charge is 0.488 e. The lowest BCUT2D eigenvalue weighted by molar-refractivity contribution is -0.134. The van der Waals surface area contributed by atoms with Gasteiger partial charge in [-0.05, 0) is 44.3 Å². The summed E-state index contributed by atoms with van der Waals surface area (Å²) in [6.07, 6.45) is 1.85. The third-order valence-electron chi connectivity index (χ3n) is 5.18. The van der Waals surface area contributed by atoms with Crippen LogP contribution in [0.1, 0.15) is 48.8 Å².